The second kappa shape index (κ2) is 8.25. The van der Waals surface area contributed by atoms with Gasteiger partial charge in [-0.1, -0.05) is 19.3 Å². The van der Waals surface area contributed by atoms with E-state index in [-0.39, 0.29) is 23.7 Å². The number of ether oxygens (including phenoxy) is 1. The Bertz CT molecular complexity index is 898. The van der Waals surface area contributed by atoms with E-state index in [0.29, 0.717) is 18.7 Å². The van der Waals surface area contributed by atoms with Gasteiger partial charge in [-0.25, -0.2) is 4.79 Å². The highest BCUT2D eigenvalue weighted by molar-refractivity contribution is 5.81. The van der Waals surface area contributed by atoms with E-state index in [1.165, 1.54) is 19.3 Å². The van der Waals surface area contributed by atoms with Crippen LogP contribution in [-0.2, 0) is 6.54 Å². The largest absolute Gasteiger partial charge is 0.494 e. The number of nitrogens with zero attached hydrogens (tertiary/aromatic N) is 1. The third-order valence-corrected chi connectivity index (χ3v) is 5.73. The number of fused-ring (bicyclic) bond motifs is 1. The van der Waals surface area contributed by atoms with E-state index in [1.807, 2.05) is 36.1 Å². The van der Waals surface area contributed by atoms with Gasteiger partial charge in [0.1, 0.15) is 5.75 Å². The van der Waals surface area contributed by atoms with Crippen molar-refractivity contribution in [3.63, 3.8) is 0 Å². The summed E-state index contributed by atoms with van der Waals surface area (Å²) in [6.07, 6.45) is 7.76. The van der Waals surface area contributed by atoms with Crippen molar-refractivity contribution in [2.75, 3.05) is 6.61 Å². The zero-order valence-corrected chi connectivity index (χ0v) is 16.5. The Hall–Kier alpha value is -2.50. The molecule has 0 spiro atoms. The van der Waals surface area contributed by atoms with E-state index >= 15 is 0 Å². The summed E-state index contributed by atoms with van der Waals surface area (Å²) in [5, 5.41) is 4.12. The summed E-state index contributed by atoms with van der Waals surface area (Å²) < 4.78 is 5.57. The molecule has 0 saturated heterocycles. The van der Waals surface area contributed by atoms with Crippen LogP contribution in [0.15, 0.2) is 29.1 Å². The van der Waals surface area contributed by atoms with Gasteiger partial charge in [-0.2, -0.15) is 0 Å². The summed E-state index contributed by atoms with van der Waals surface area (Å²) in [6.45, 7) is 2.88. The highest BCUT2D eigenvalue weighted by atomic mass is 16.5. The third kappa shape index (κ3) is 4.32. The maximum atomic E-state index is 12.9. The molecule has 2 saturated carbocycles. The quantitative estimate of drug-likeness (QED) is 0.794. The normalized spacial score (nSPS) is 17.5. The molecule has 1 aromatic carbocycles. The highest BCUT2D eigenvalue weighted by Crippen LogP contribution is 2.29. The topological polar surface area (TPSA) is 74.4 Å². The van der Waals surface area contributed by atoms with Crippen LogP contribution >= 0.6 is 0 Å². The number of H-pyrrole nitrogens is 1. The second-order valence-electron chi connectivity index (χ2n) is 7.95. The number of amides is 2. The van der Waals surface area contributed by atoms with Gasteiger partial charge in [0, 0.05) is 28.6 Å². The molecule has 4 rings (SSSR count). The van der Waals surface area contributed by atoms with Crippen LogP contribution in [0.4, 0.5) is 4.79 Å². The van der Waals surface area contributed by atoms with E-state index in [2.05, 4.69) is 10.3 Å². The summed E-state index contributed by atoms with van der Waals surface area (Å²) in [7, 11) is 0. The molecule has 150 valence electrons. The van der Waals surface area contributed by atoms with E-state index < -0.39 is 0 Å². The molecule has 2 aliphatic carbocycles. The van der Waals surface area contributed by atoms with Gasteiger partial charge < -0.3 is 19.9 Å². The van der Waals surface area contributed by atoms with Crippen molar-refractivity contribution in [3.05, 3.63) is 40.2 Å². The van der Waals surface area contributed by atoms with Crippen LogP contribution in [0, 0.1) is 0 Å². The molecule has 0 bridgehead atoms. The Balaban J connectivity index is 1.54. The standard InChI is InChI=1S/C22H29N3O3/c1-2-28-19-10-11-20-15(13-19)12-16(21(26)24-20)14-25(18-8-9-18)22(27)23-17-6-4-3-5-7-17/h10-13,17-18H,2-9,14H2,1H3,(H,23,27)(H,24,26). The molecule has 1 aromatic heterocycles. The number of rotatable bonds is 6. The van der Waals surface area contributed by atoms with Gasteiger partial charge in [0.15, 0.2) is 0 Å². The smallest absolute Gasteiger partial charge is 0.318 e. The van der Waals surface area contributed by atoms with Crippen LogP contribution in [-0.4, -0.2) is 34.6 Å². The highest BCUT2D eigenvalue weighted by Gasteiger charge is 2.34. The molecule has 2 N–H and O–H groups in total. The Morgan fingerprint density at radius 1 is 1.18 bits per heavy atom. The van der Waals surface area contributed by atoms with Crippen molar-refractivity contribution >= 4 is 16.9 Å². The van der Waals surface area contributed by atoms with E-state index in [0.717, 1.165) is 42.3 Å². The molecule has 6 nitrogen and oxygen atoms in total. The first kappa shape index (κ1) is 18.8. The monoisotopic (exact) mass is 383 g/mol. The van der Waals surface area contributed by atoms with Crippen LogP contribution in [0.25, 0.3) is 10.9 Å². The Morgan fingerprint density at radius 3 is 2.68 bits per heavy atom. The SMILES string of the molecule is CCOc1ccc2[nH]c(=O)c(CN(C(=O)NC3CCCCC3)C3CC3)cc2c1. The maximum absolute atomic E-state index is 12.9. The van der Waals surface area contributed by atoms with Gasteiger partial charge in [0.2, 0.25) is 0 Å². The minimum Gasteiger partial charge on any atom is -0.494 e. The fourth-order valence-corrected chi connectivity index (χ4v) is 4.04. The molecule has 2 amide bonds. The van der Waals surface area contributed by atoms with Crippen molar-refractivity contribution in [1.82, 2.24) is 15.2 Å². The van der Waals surface area contributed by atoms with Crippen molar-refractivity contribution in [1.29, 1.82) is 0 Å². The van der Waals surface area contributed by atoms with Crippen LogP contribution < -0.4 is 15.6 Å². The lowest BCUT2D eigenvalue weighted by Gasteiger charge is -2.28. The average molecular weight is 383 g/mol. The minimum atomic E-state index is -0.132. The van der Waals surface area contributed by atoms with Crippen LogP contribution in [0.3, 0.4) is 0 Å². The van der Waals surface area contributed by atoms with Crippen molar-refractivity contribution in [3.8, 4) is 5.75 Å². The summed E-state index contributed by atoms with van der Waals surface area (Å²) in [5.41, 5.74) is 1.27. The number of carbonyl (C=O) groups is 1. The molecular formula is C22H29N3O3. The van der Waals surface area contributed by atoms with Crippen LogP contribution in [0.2, 0.25) is 0 Å². The van der Waals surface area contributed by atoms with Gasteiger partial charge in [0.05, 0.1) is 13.2 Å². The van der Waals surface area contributed by atoms with Gasteiger partial charge in [-0.05, 0) is 56.9 Å². The van der Waals surface area contributed by atoms with Crippen molar-refractivity contribution in [2.45, 2.75) is 70.5 Å². The summed E-state index contributed by atoms with van der Waals surface area (Å²) in [4.78, 5) is 30.3. The molecule has 1 heterocycles. The maximum Gasteiger partial charge on any atom is 0.318 e. The van der Waals surface area contributed by atoms with Gasteiger partial charge in [0.25, 0.3) is 5.56 Å². The zero-order chi connectivity index (χ0) is 19.5. The lowest BCUT2D eigenvalue weighted by atomic mass is 9.96. The van der Waals surface area contributed by atoms with E-state index in [1.54, 1.807) is 0 Å². The third-order valence-electron chi connectivity index (χ3n) is 5.73. The van der Waals surface area contributed by atoms with E-state index in [4.69, 9.17) is 4.74 Å². The number of urea groups is 1. The van der Waals surface area contributed by atoms with Gasteiger partial charge in [-0.15, -0.1) is 0 Å². The molecule has 0 atom stereocenters. The van der Waals surface area contributed by atoms with Crippen LogP contribution in [0.5, 0.6) is 5.75 Å². The number of benzene rings is 1. The molecule has 0 unspecified atom stereocenters. The predicted molar refractivity (Wildman–Crippen MR) is 110 cm³/mol. The fourth-order valence-electron chi connectivity index (χ4n) is 4.04. The molecule has 0 radical (unpaired) electrons. The zero-order valence-electron chi connectivity index (χ0n) is 16.5. The lowest BCUT2D eigenvalue weighted by Crippen LogP contribution is -2.46. The van der Waals surface area contributed by atoms with Gasteiger partial charge in [-0.3, -0.25) is 4.79 Å². The minimum absolute atomic E-state index is 0.0306. The number of carbonyl (C=O) groups excluding carboxylic acids is 1. The number of pyridine rings is 1. The molecule has 2 aliphatic rings. The summed E-state index contributed by atoms with van der Waals surface area (Å²) >= 11 is 0. The Kier molecular flexibility index (Phi) is 5.55. The molecule has 0 aliphatic heterocycles. The number of hydrogen-bond donors (Lipinski definition) is 2. The molecule has 28 heavy (non-hydrogen) atoms. The molecular weight excluding hydrogens is 354 g/mol. The molecule has 2 fully saturated rings. The predicted octanol–water partition coefficient (Wildman–Crippen LogP) is 3.93. The summed E-state index contributed by atoms with van der Waals surface area (Å²) in [5.74, 6) is 0.780. The second-order valence-corrected chi connectivity index (χ2v) is 7.95. The summed E-state index contributed by atoms with van der Waals surface area (Å²) in [6, 6.07) is 8.02. The number of aromatic amines is 1. The number of hydrogen-bond acceptors (Lipinski definition) is 3. The van der Waals surface area contributed by atoms with Crippen LogP contribution in [0.1, 0.15) is 57.4 Å². The first-order chi connectivity index (χ1) is 13.6. The fraction of sp³-hybridized carbons (Fsp3) is 0.545. The number of aromatic nitrogens is 1. The Labute approximate surface area is 165 Å². The van der Waals surface area contributed by atoms with Crippen molar-refractivity contribution in [2.24, 2.45) is 0 Å². The molecule has 6 heteroatoms. The average Bonchev–Trinajstić information content (AvgIpc) is 3.52. The molecule has 2 aromatic rings. The first-order valence-corrected chi connectivity index (χ1v) is 10.5. The van der Waals surface area contributed by atoms with E-state index in [9.17, 15) is 9.59 Å². The van der Waals surface area contributed by atoms with Crippen molar-refractivity contribution < 1.29 is 9.53 Å². The number of nitrogens with one attached hydrogen (secondary N) is 2. The first-order valence-electron chi connectivity index (χ1n) is 10.5. The van der Waals surface area contributed by atoms with Gasteiger partial charge >= 0.3 is 6.03 Å². The lowest BCUT2D eigenvalue weighted by molar-refractivity contribution is 0.184. The Morgan fingerprint density at radius 2 is 1.96 bits per heavy atom.